The van der Waals surface area contributed by atoms with Gasteiger partial charge in [-0.3, -0.25) is 4.79 Å². The van der Waals surface area contributed by atoms with E-state index in [9.17, 15) is 4.79 Å². The number of carbonyl (C=O) groups is 1. The molecule has 2 aromatic rings. The molecule has 0 aliphatic heterocycles. The summed E-state index contributed by atoms with van der Waals surface area (Å²) in [7, 11) is 0. The van der Waals surface area contributed by atoms with Crippen molar-refractivity contribution in [2.24, 2.45) is 0 Å². The van der Waals surface area contributed by atoms with Crippen LogP contribution in [0.2, 0.25) is 0 Å². The van der Waals surface area contributed by atoms with Crippen LogP contribution < -0.4 is 11.1 Å². The lowest BCUT2D eigenvalue weighted by Crippen LogP contribution is -2.13. The number of aryl methyl sites for hydroxylation is 1. The van der Waals surface area contributed by atoms with Gasteiger partial charge in [-0.25, -0.2) is 4.98 Å². The molecule has 2 rings (SSSR count). The summed E-state index contributed by atoms with van der Waals surface area (Å²) in [5.41, 5.74) is 7.95. The molecule has 0 saturated carbocycles. The van der Waals surface area contributed by atoms with Crippen molar-refractivity contribution >= 4 is 28.1 Å². The Kier molecular flexibility index (Phi) is 4.70. The molecule has 0 spiro atoms. The molecule has 0 radical (unpaired) electrons. The lowest BCUT2D eigenvalue weighted by Gasteiger charge is -2.10. The summed E-state index contributed by atoms with van der Waals surface area (Å²) in [4.78, 5) is 16.8. The average molecular weight is 291 g/mol. The summed E-state index contributed by atoms with van der Waals surface area (Å²) < 4.78 is 5.39. The molecule has 0 saturated heterocycles. The molecular formula is C14H17N3O2S. The van der Waals surface area contributed by atoms with Gasteiger partial charge in [0.05, 0.1) is 12.3 Å². The molecule has 0 aliphatic rings. The third-order valence-corrected chi connectivity index (χ3v) is 3.73. The molecule has 1 amide bonds. The number of nitrogens with two attached hydrogens (primary N) is 1. The quantitative estimate of drug-likeness (QED) is 0.888. The zero-order chi connectivity index (χ0) is 14.5. The fourth-order valence-electron chi connectivity index (χ4n) is 1.79. The van der Waals surface area contributed by atoms with E-state index >= 15 is 0 Å². The normalized spacial score (nSPS) is 10.5. The van der Waals surface area contributed by atoms with Gasteiger partial charge in [-0.2, -0.15) is 0 Å². The standard InChI is InChI=1S/C14H17N3O2S/c1-3-19-8-10-6-4-5-7-11(10)17-13(18)12-9(2)16-14(15)20-12/h4-7H,3,8H2,1-2H3,(H2,15,16)(H,17,18). The number of benzene rings is 1. The van der Waals surface area contributed by atoms with E-state index in [0.717, 1.165) is 11.3 Å². The van der Waals surface area contributed by atoms with E-state index in [0.29, 0.717) is 28.9 Å². The molecule has 0 bridgehead atoms. The number of thiazole rings is 1. The van der Waals surface area contributed by atoms with E-state index in [1.54, 1.807) is 6.92 Å². The highest BCUT2D eigenvalue weighted by Gasteiger charge is 2.15. The molecule has 0 unspecified atom stereocenters. The van der Waals surface area contributed by atoms with E-state index in [2.05, 4.69) is 10.3 Å². The molecule has 0 atom stereocenters. The molecule has 1 heterocycles. The predicted molar refractivity (Wildman–Crippen MR) is 81.0 cm³/mol. The van der Waals surface area contributed by atoms with E-state index in [1.165, 1.54) is 11.3 Å². The van der Waals surface area contributed by atoms with Crippen LogP contribution in [0.15, 0.2) is 24.3 Å². The number of carbonyl (C=O) groups excluding carboxylic acids is 1. The molecule has 0 aliphatic carbocycles. The average Bonchev–Trinajstić information content (AvgIpc) is 2.77. The number of anilines is 2. The second-order valence-corrected chi connectivity index (χ2v) is 5.25. The van der Waals surface area contributed by atoms with Gasteiger partial charge in [-0.1, -0.05) is 29.5 Å². The third kappa shape index (κ3) is 3.34. The van der Waals surface area contributed by atoms with Gasteiger partial charge in [0.15, 0.2) is 5.13 Å². The number of aromatic nitrogens is 1. The van der Waals surface area contributed by atoms with Gasteiger partial charge in [0, 0.05) is 17.9 Å². The van der Waals surface area contributed by atoms with Crippen molar-refractivity contribution in [1.82, 2.24) is 4.98 Å². The Labute approximate surface area is 121 Å². The van der Waals surface area contributed by atoms with Crippen molar-refractivity contribution in [3.05, 3.63) is 40.4 Å². The van der Waals surface area contributed by atoms with Crippen molar-refractivity contribution in [2.75, 3.05) is 17.7 Å². The van der Waals surface area contributed by atoms with E-state index in [4.69, 9.17) is 10.5 Å². The molecule has 1 aromatic heterocycles. The first kappa shape index (κ1) is 14.5. The number of nitrogen functional groups attached to an aromatic ring is 1. The number of hydrogen-bond donors (Lipinski definition) is 2. The lowest BCUT2D eigenvalue weighted by atomic mass is 10.2. The second kappa shape index (κ2) is 6.49. The third-order valence-electron chi connectivity index (χ3n) is 2.75. The number of rotatable bonds is 5. The number of hydrogen-bond acceptors (Lipinski definition) is 5. The summed E-state index contributed by atoms with van der Waals surface area (Å²) in [6.45, 7) is 4.81. The van der Waals surface area contributed by atoms with Crippen LogP contribution in [0.25, 0.3) is 0 Å². The van der Waals surface area contributed by atoms with Gasteiger partial charge in [-0.15, -0.1) is 0 Å². The van der Waals surface area contributed by atoms with Crippen LogP contribution >= 0.6 is 11.3 Å². The van der Waals surface area contributed by atoms with Crippen LogP contribution in [-0.4, -0.2) is 17.5 Å². The van der Waals surface area contributed by atoms with Crippen LogP contribution in [-0.2, 0) is 11.3 Å². The smallest absolute Gasteiger partial charge is 0.267 e. The summed E-state index contributed by atoms with van der Waals surface area (Å²) in [6.07, 6.45) is 0. The van der Waals surface area contributed by atoms with E-state index in [-0.39, 0.29) is 5.91 Å². The van der Waals surface area contributed by atoms with Crippen molar-refractivity contribution < 1.29 is 9.53 Å². The topological polar surface area (TPSA) is 77.2 Å². The first-order valence-electron chi connectivity index (χ1n) is 6.31. The zero-order valence-electron chi connectivity index (χ0n) is 11.5. The largest absolute Gasteiger partial charge is 0.377 e. The molecule has 1 aromatic carbocycles. The fourth-order valence-corrected chi connectivity index (χ4v) is 2.52. The summed E-state index contributed by atoms with van der Waals surface area (Å²) in [5.74, 6) is -0.194. The van der Waals surface area contributed by atoms with Gasteiger partial charge in [-0.05, 0) is 19.9 Å². The summed E-state index contributed by atoms with van der Waals surface area (Å²) >= 11 is 1.19. The maximum absolute atomic E-state index is 12.2. The molecular weight excluding hydrogens is 274 g/mol. The maximum Gasteiger partial charge on any atom is 0.267 e. The van der Waals surface area contributed by atoms with Gasteiger partial charge in [0.2, 0.25) is 0 Å². The summed E-state index contributed by atoms with van der Waals surface area (Å²) in [6, 6.07) is 7.57. The first-order valence-corrected chi connectivity index (χ1v) is 7.13. The molecule has 5 nitrogen and oxygen atoms in total. The van der Waals surface area contributed by atoms with Crippen LogP contribution in [0, 0.1) is 6.92 Å². The van der Waals surface area contributed by atoms with Crippen molar-refractivity contribution in [2.45, 2.75) is 20.5 Å². The number of ether oxygens (including phenoxy) is 1. The monoisotopic (exact) mass is 291 g/mol. The Hall–Kier alpha value is -1.92. The molecule has 0 fully saturated rings. The van der Waals surface area contributed by atoms with Crippen LogP contribution in [0.3, 0.4) is 0 Å². The first-order chi connectivity index (χ1) is 9.61. The van der Waals surface area contributed by atoms with Crippen LogP contribution in [0.1, 0.15) is 27.9 Å². The minimum atomic E-state index is -0.194. The SMILES string of the molecule is CCOCc1ccccc1NC(=O)c1sc(N)nc1C. The van der Waals surface area contributed by atoms with Gasteiger partial charge >= 0.3 is 0 Å². The summed E-state index contributed by atoms with van der Waals surface area (Å²) in [5, 5.41) is 3.28. The highest BCUT2D eigenvalue weighted by Crippen LogP contribution is 2.22. The van der Waals surface area contributed by atoms with Gasteiger partial charge < -0.3 is 15.8 Å². The van der Waals surface area contributed by atoms with Crippen LogP contribution in [0.5, 0.6) is 0 Å². The minimum Gasteiger partial charge on any atom is -0.377 e. The highest BCUT2D eigenvalue weighted by molar-refractivity contribution is 7.17. The highest BCUT2D eigenvalue weighted by atomic mass is 32.1. The van der Waals surface area contributed by atoms with E-state index in [1.807, 2.05) is 31.2 Å². The second-order valence-electron chi connectivity index (χ2n) is 4.22. The van der Waals surface area contributed by atoms with Crippen molar-refractivity contribution in [3.8, 4) is 0 Å². The maximum atomic E-state index is 12.2. The Bertz CT molecular complexity index is 610. The molecule has 106 valence electrons. The number of nitrogens with zero attached hydrogens (tertiary/aromatic N) is 1. The zero-order valence-corrected chi connectivity index (χ0v) is 12.3. The Morgan fingerprint density at radius 3 is 2.85 bits per heavy atom. The van der Waals surface area contributed by atoms with Crippen molar-refractivity contribution in [1.29, 1.82) is 0 Å². The lowest BCUT2D eigenvalue weighted by molar-refractivity contribution is 0.102. The van der Waals surface area contributed by atoms with Crippen LogP contribution in [0.4, 0.5) is 10.8 Å². The number of amides is 1. The minimum absolute atomic E-state index is 0.194. The fraction of sp³-hybridized carbons (Fsp3) is 0.286. The number of nitrogens with one attached hydrogen (secondary N) is 1. The predicted octanol–water partition coefficient (Wildman–Crippen LogP) is 2.82. The molecule has 6 heteroatoms. The number of para-hydroxylation sites is 1. The van der Waals surface area contributed by atoms with Gasteiger partial charge in [0.1, 0.15) is 4.88 Å². The van der Waals surface area contributed by atoms with E-state index < -0.39 is 0 Å². The Balaban J connectivity index is 2.17. The molecule has 3 N–H and O–H groups in total. The van der Waals surface area contributed by atoms with Crippen molar-refractivity contribution in [3.63, 3.8) is 0 Å². The Morgan fingerprint density at radius 1 is 1.45 bits per heavy atom. The molecule has 20 heavy (non-hydrogen) atoms. The van der Waals surface area contributed by atoms with Gasteiger partial charge in [0.25, 0.3) is 5.91 Å². The Morgan fingerprint density at radius 2 is 2.20 bits per heavy atom.